The summed E-state index contributed by atoms with van der Waals surface area (Å²) < 4.78 is 27.5. The predicted octanol–water partition coefficient (Wildman–Crippen LogP) is 4.23. The zero-order valence-corrected chi connectivity index (χ0v) is 17.1. The Morgan fingerprint density at radius 2 is 1.54 bits per heavy atom. The monoisotopic (exact) mass is 421 g/mol. The zero-order valence-electron chi connectivity index (χ0n) is 15.5. The number of likely N-dealkylation sites (tertiary alicyclic amines) is 1. The molecule has 0 radical (unpaired) electrons. The van der Waals surface area contributed by atoms with Gasteiger partial charge in [-0.1, -0.05) is 36.6 Å². The molecule has 1 heterocycles. The number of amides is 2. The molecule has 0 atom stereocenters. The highest BCUT2D eigenvalue weighted by atomic mass is 35.5. The number of nitrogens with one attached hydrogen (secondary N) is 2. The Hall–Kier alpha value is -2.09. The van der Waals surface area contributed by atoms with Crippen LogP contribution in [0.2, 0.25) is 5.02 Å². The molecule has 2 N–H and O–H groups in total. The van der Waals surface area contributed by atoms with Crippen molar-refractivity contribution >= 4 is 33.3 Å². The molecule has 28 heavy (non-hydrogen) atoms. The molecule has 0 bridgehead atoms. The van der Waals surface area contributed by atoms with E-state index in [1.165, 1.54) is 12.1 Å². The number of benzene rings is 2. The van der Waals surface area contributed by atoms with Crippen LogP contribution < -0.4 is 10.0 Å². The summed E-state index contributed by atoms with van der Waals surface area (Å²) in [7, 11) is -3.65. The van der Waals surface area contributed by atoms with Crippen LogP contribution in [0.5, 0.6) is 0 Å². The Balaban J connectivity index is 1.59. The van der Waals surface area contributed by atoms with Crippen LogP contribution in [0, 0.1) is 0 Å². The molecule has 0 saturated carbocycles. The van der Waals surface area contributed by atoms with Crippen LogP contribution in [-0.2, 0) is 16.6 Å². The largest absolute Gasteiger partial charge is 0.325 e. The van der Waals surface area contributed by atoms with Gasteiger partial charge >= 0.3 is 6.03 Å². The molecule has 150 valence electrons. The number of carbonyl (C=O) groups is 1. The Labute approximate surface area is 170 Å². The van der Waals surface area contributed by atoms with E-state index in [9.17, 15) is 13.2 Å². The summed E-state index contributed by atoms with van der Waals surface area (Å²) in [6.07, 6.45) is 4.34. The van der Waals surface area contributed by atoms with Crippen LogP contribution >= 0.6 is 11.6 Å². The fraction of sp³-hybridized carbons (Fsp3) is 0.350. The van der Waals surface area contributed by atoms with E-state index >= 15 is 0 Å². The van der Waals surface area contributed by atoms with Crippen molar-refractivity contribution in [3.05, 3.63) is 59.1 Å². The van der Waals surface area contributed by atoms with E-state index in [2.05, 4.69) is 10.0 Å². The van der Waals surface area contributed by atoms with Crippen LogP contribution in [-0.4, -0.2) is 32.4 Å². The number of hydrogen-bond donors (Lipinski definition) is 2. The van der Waals surface area contributed by atoms with Crippen molar-refractivity contribution in [1.82, 2.24) is 9.62 Å². The highest BCUT2D eigenvalue weighted by Gasteiger charge is 2.17. The Morgan fingerprint density at radius 3 is 2.14 bits per heavy atom. The summed E-state index contributed by atoms with van der Waals surface area (Å²) in [4.78, 5) is 14.3. The summed E-state index contributed by atoms with van der Waals surface area (Å²) in [6.45, 7) is 1.69. The molecule has 0 unspecified atom stereocenters. The molecule has 1 aliphatic rings. The molecule has 2 aromatic carbocycles. The van der Waals surface area contributed by atoms with Gasteiger partial charge in [-0.2, -0.15) is 0 Å². The van der Waals surface area contributed by atoms with Crippen molar-refractivity contribution in [2.75, 3.05) is 18.4 Å². The Bertz CT molecular complexity index is 891. The fourth-order valence-electron chi connectivity index (χ4n) is 3.06. The minimum Gasteiger partial charge on any atom is -0.325 e. The first-order valence-corrected chi connectivity index (χ1v) is 11.2. The fourth-order valence-corrected chi connectivity index (χ4v) is 4.20. The number of urea groups is 1. The molecule has 3 rings (SSSR count). The number of rotatable bonds is 5. The first-order chi connectivity index (χ1) is 13.4. The van der Waals surface area contributed by atoms with Gasteiger partial charge in [-0.15, -0.1) is 0 Å². The molecule has 0 aromatic heterocycles. The molecule has 1 fully saturated rings. The van der Waals surface area contributed by atoms with Crippen molar-refractivity contribution in [3.8, 4) is 0 Å². The summed E-state index contributed by atoms with van der Waals surface area (Å²) in [5.74, 6) is 0. The first-order valence-electron chi connectivity index (χ1n) is 9.34. The van der Waals surface area contributed by atoms with Crippen molar-refractivity contribution in [2.24, 2.45) is 0 Å². The average molecular weight is 422 g/mol. The molecule has 1 aliphatic heterocycles. The van der Waals surface area contributed by atoms with Gasteiger partial charge in [-0.3, -0.25) is 0 Å². The lowest BCUT2D eigenvalue weighted by atomic mass is 10.2. The second-order valence-corrected chi connectivity index (χ2v) is 9.01. The number of sulfonamides is 1. The molecule has 2 aromatic rings. The summed E-state index contributed by atoms with van der Waals surface area (Å²) in [5.41, 5.74) is 1.39. The van der Waals surface area contributed by atoms with Gasteiger partial charge in [0.05, 0.1) is 4.90 Å². The van der Waals surface area contributed by atoms with Crippen molar-refractivity contribution in [3.63, 3.8) is 0 Å². The Morgan fingerprint density at radius 1 is 0.929 bits per heavy atom. The third kappa shape index (κ3) is 5.70. The van der Waals surface area contributed by atoms with Gasteiger partial charge in [0.2, 0.25) is 10.0 Å². The number of carbonyl (C=O) groups excluding carboxylic acids is 1. The molecule has 2 amide bonds. The third-order valence-corrected chi connectivity index (χ3v) is 6.36. The van der Waals surface area contributed by atoms with E-state index in [4.69, 9.17) is 11.6 Å². The van der Waals surface area contributed by atoms with Crippen molar-refractivity contribution in [1.29, 1.82) is 0 Å². The average Bonchev–Trinajstić information content (AvgIpc) is 2.98. The van der Waals surface area contributed by atoms with Crippen LogP contribution in [0.1, 0.15) is 31.2 Å². The number of nitrogens with zero attached hydrogens (tertiary/aromatic N) is 1. The highest BCUT2D eigenvalue weighted by Crippen LogP contribution is 2.17. The lowest BCUT2D eigenvalue weighted by molar-refractivity contribution is 0.214. The summed E-state index contributed by atoms with van der Waals surface area (Å²) in [5, 5.41) is 3.44. The van der Waals surface area contributed by atoms with Gasteiger partial charge in [-0.25, -0.2) is 17.9 Å². The summed E-state index contributed by atoms with van der Waals surface area (Å²) in [6, 6.07) is 13.0. The van der Waals surface area contributed by atoms with Crippen LogP contribution in [0.25, 0.3) is 0 Å². The van der Waals surface area contributed by atoms with Crippen molar-refractivity contribution < 1.29 is 13.2 Å². The minimum absolute atomic E-state index is 0.140. The molecular formula is C20H24ClN3O3S. The van der Waals surface area contributed by atoms with Gasteiger partial charge in [-0.05, 0) is 54.8 Å². The third-order valence-electron chi connectivity index (χ3n) is 4.69. The highest BCUT2D eigenvalue weighted by molar-refractivity contribution is 7.89. The maximum atomic E-state index is 12.5. The lowest BCUT2D eigenvalue weighted by Crippen LogP contribution is -2.35. The molecule has 0 aliphatic carbocycles. The number of hydrogen-bond acceptors (Lipinski definition) is 3. The van der Waals surface area contributed by atoms with Crippen LogP contribution in [0.4, 0.5) is 10.5 Å². The molecule has 0 spiro atoms. The van der Waals surface area contributed by atoms with Gasteiger partial charge in [0.15, 0.2) is 0 Å². The number of halogens is 1. The van der Waals surface area contributed by atoms with E-state index in [0.29, 0.717) is 10.7 Å². The first kappa shape index (κ1) is 20.6. The lowest BCUT2D eigenvalue weighted by Gasteiger charge is -2.20. The van der Waals surface area contributed by atoms with E-state index in [1.807, 2.05) is 4.90 Å². The number of anilines is 1. The van der Waals surface area contributed by atoms with Gasteiger partial charge < -0.3 is 10.2 Å². The molecule has 1 saturated heterocycles. The maximum absolute atomic E-state index is 12.5. The molecule has 6 nitrogen and oxygen atoms in total. The maximum Gasteiger partial charge on any atom is 0.321 e. The second kappa shape index (κ2) is 9.41. The normalized spacial score (nSPS) is 15.1. The second-order valence-electron chi connectivity index (χ2n) is 6.81. The van der Waals surface area contributed by atoms with Crippen molar-refractivity contribution in [2.45, 2.75) is 37.1 Å². The van der Waals surface area contributed by atoms with Crippen LogP contribution in [0.3, 0.4) is 0 Å². The van der Waals surface area contributed by atoms with Gasteiger partial charge in [0.25, 0.3) is 0 Å². The standard InChI is InChI=1S/C20H24ClN3O3S/c21-17-7-5-16(6-8-17)15-22-28(26,27)19-11-9-18(10-12-19)23-20(25)24-13-3-1-2-4-14-24/h5-12,22H,1-4,13-15H2,(H,23,25). The van der Waals surface area contributed by atoms with E-state index in [0.717, 1.165) is 44.3 Å². The quantitative estimate of drug-likeness (QED) is 0.758. The smallest absolute Gasteiger partial charge is 0.321 e. The molecule has 8 heteroatoms. The van der Waals surface area contributed by atoms with Gasteiger partial charge in [0, 0.05) is 30.3 Å². The SMILES string of the molecule is O=C(Nc1ccc(S(=O)(=O)NCc2ccc(Cl)cc2)cc1)N1CCCCCC1. The van der Waals surface area contributed by atoms with E-state index in [-0.39, 0.29) is 17.5 Å². The van der Waals surface area contributed by atoms with Gasteiger partial charge in [0.1, 0.15) is 0 Å². The summed E-state index contributed by atoms with van der Waals surface area (Å²) >= 11 is 5.83. The zero-order chi connectivity index (χ0) is 20.0. The topological polar surface area (TPSA) is 78.5 Å². The predicted molar refractivity (Wildman–Crippen MR) is 111 cm³/mol. The van der Waals surface area contributed by atoms with Crippen LogP contribution in [0.15, 0.2) is 53.4 Å². The van der Waals surface area contributed by atoms with E-state index < -0.39 is 10.0 Å². The minimum atomic E-state index is -3.65. The Kier molecular flexibility index (Phi) is 6.93. The molecular weight excluding hydrogens is 398 g/mol. The van der Waals surface area contributed by atoms with E-state index in [1.54, 1.807) is 36.4 Å².